The molecule has 4 nitrogen and oxygen atoms in total. The number of carbonyl (C=O) groups excluding carboxylic acids is 1. The molecule has 1 aromatic carbocycles. The van der Waals surface area contributed by atoms with Crippen molar-refractivity contribution in [2.24, 2.45) is 5.92 Å². The third kappa shape index (κ3) is 2.91. The van der Waals surface area contributed by atoms with Crippen molar-refractivity contribution in [2.45, 2.75) is 19.3 Å². The van der Waals surface area contributed by atoms with E-state index in [0.717, 1.165) is 18.4 Å². The van der Waals surface area contributed by atoms with Crippen molar-refractivity contribution in [1.29, 1.82) is 0 Å². The lowest BCUT2D eigenvalue weighted by Gasteiger charge is -2.10. The summed E-state index contributed by atoms with van der Waals surface area (Å²) < 4.78 is 18.2. The number of rotatable bonds is 5. The zero-order valence-corrected chi connectivity index (χ0v) is 10.3. The number of esters is 1. The van der Waals surface area contributed by atoms with Gasteiger partial charge in [0.1, 0.15) is 5.82 Å². The molecule has 0 heterocycles. The molecule has 0 saturated heterocycles. The molecule has 1 aromatic rings. The number of carbonyl (C=O) groups is 1. The summed E-state index contributed by atoms with van der Waals surface area (Å²) in [5, 5.41) is 2.99. The Balaban J connectivity index is 2.09. The number of nitrogens with one attached hydrogen (secondary N) is 1. The number of ether oxygens (including phenoxy) is 1. The minimum atomic E-state index is -0.558. The van der Waals surface area contributed by atoms with Gasteiger partial charge in [-0.3, -0.25) is 0 Å². The topological polar surface area (TPSA) is 64.3 Å². The number of benzene rings is 1. The summed E-state index contributed by atoms with van der Waals surface area (Å²) in [4.78, 5) is 11.4. The molecule has 0 amide bonds. The van der Waals surface area contributed by atoms with Gasteiger partial charge in [0.25, 0.3) is 0 Å². The Hall–Kier alpha value is -1.78. The highest BCUT2D eigenvalue weighted by Crippen LogP contribution is 2.32. The number of anilines is 2. The Morgan fingerprint density at radius 2 is 2.28 bits per heavy atom. The molecule has 1 aliphatic carbocycles. The van der Waals surface area contributed by atoms with Crippen molar-refractivity contribution in [1.82, 2.24) is 0 Å². The first-order valence-corrected chi connectivity index (χ1v) is 6.03. The second-order valence-electron chi connectivity index (χ2n) is 4.57. The highest BCUT2D eigenvalue weighted by Gasteiger charge is 2.20. The Bertz CT molecular complexity index is 459. The van der Waals surface area contributed by atoms with Crippen molar-refractivity contribution in [2.75, 3.05) is 24.7 Å². The summed E-state index contributed by atoms with van der Waals surface area (Å²) in [5.41, 5.74) is 6.16. The molecule has 18 heavy (non-hydrogen) atoms. The van der Waals surface area contributed by atoms with Crippen molar-refractivity contribution >= 4 is 17.3 Å². The largest absolute Gasteiger partial charge is 0.465 e. The van der Waals surface area contributed by atoms with E-state index in [-0.39, 0.29) is 11.3 Å². The maximum absolute atomic E-state index is 13.6. The zero-order valence-electron chi connectivity index (χ0n) is 10.3. The average Bonchev–Trinajstić information content (AvgIpc) is 3.15. The number of nitrogen functional groups attached to an aromatic ring is 1. The van der Waals surface area contributed by atoms with Gasteiger partial charge in [-0.2, -0.15) is 0 Å². The molecular formula is C13H17FN2O2. The fourth-order valence-electron chi connectivity index (χ4n) is 1.83. The standard InChI is InChI=1S/C13H17FN2O2/c1-18-13(17)9-6-12(10(14)7-11(9)15)16-5-4-8-2-3-8/h6-8,16H,2-5,15H2,1H3. The number of nitrogens with two attached hydrogens (primary N) is 1. The van der Waals surface area contributed by atoms with E-state index in [1.54, 1.807) is 0 Å². The number of hydrogen-bond donors (Lipinski definition) is 2. The maximum atomic E-state index is 13.6. The molecular weight excluding hydrogens is 235 g/mol. The van der Waals surface area contributed by atoms with Crippen LogP contribution in [0.5, 0.6) is 0 Å². The Labute approximate surface area is 105 Å². The lowest BCUT2D eigenvalue weighted by atomic mass is 10.1. The number of hydrogen-bond acceptors (Lipinski definition) is 4. The summed E-state index contributed by atoms with van der Waals surface area (Å²) in [5.74, 6) is -0.233. The Kier molecular flexibility index (Phi) is 3.69. The third-order valence-corrected chi connectivity index (χ3v) is 3.11. The van der Waals surface area contributed by atoms with Crippen LogP contribution >= 0.6 is 0 Å². The summed E-state index contributed by atoms with van der Waals surface area (Å²) in [7, 11) is 1.27. The van der Waals surface area contributed by atoms with E-state index in [9.17, 15) is 9.18 Å². The van der Waals surface area contributed by atoms with Gasteiger partial charge in [0.2, 0.25) is 0 Å². The molecule has 2 rings (SSSR count). The first-order chi connectivity index (χ1) is 8.61. The fraction of sp³-hybridized carbons (Fsp3) is 0.462. The lowest BCUT2D eigenvalue weighted by Crippen LogP contribution is -2.10. The van der Waals surface area contributed by atoms with Crippen LogP contribution in [0.4, 0.5) is 15.8 Å². The molecule has 0 aliphatic heterocycles. The predicted molar refractivity (Wildman–Crippen MR) is 68.0 cm³/mol. The highest BCUT2D eigenvalue weighted by atomic mass is 19.1. The van der Waals surface area contributed by atoms with Crippen molar-refractivity contribution in [3.63, 3.8) is 0 Å². The molecule has 1 saturated carbocycles. The van der Waals surface area contributed by atoms with E-state index in [1.165, 1.54) is 26.0 Å². The molecule has 1 aliphatic rings. The smallest absolute Gasteiger partial charge is 0.340 e. The van der Waals surface area contributed by atoms with E-state index < -0.39 is 11.8 Å². The number of methoxy groups -OCH3 is 1. The first kappa shape index (κ1) is 12.7. The highest BCUT2D eigenvalue weighted by molar-refractivity contribution is 5.96. The summed E-state index contributed by atoms with van der Waals surface area (Å²) in [6, 6.07) is 2.55. The van der Waals surface area contributed by atoms with Crippen LogP contribution in [0, 0.1) is 11.7 Å². The van der Waals surface area contributed by atoms with E-state index in [4.69, 9.17) is 5.73 Å². The van der Waals surface area contributed by atoms with Crippen LogP contribution in [0.3, 0.4) is 0 Å². The van der Waals surface area contributed by atoms with Gasteiger partial charge in [0.15, 0.2) is 0 Å². The van der Waals surface area contributed by atoms with Gasteiger partial charge >= 0.3 is 5.97 Å². The molecule has 3 N–H and O–H groups in total. The molecule has 1 fully saturated rings. The van der Waals surface area contributed by atoms with Crippen molar-refractivity contribution < 1.29 is 13.9 Å². The Morgan fingerprint density at radius 1 is 1.56 bits per heavy atom. The molecule has 0 spiro atoms. The van der Waals surface area contributed by atoms with E-state index in [0.29, 0.717) is 12.2 Å². The predicted octanol–water partition coefficient (Wildman–Crippen LogP) is 2.41. The number of halogens is 1. The van der Waals surface area contributed by atoms with Crippen LogP contribution < -0.4 is 11.1 Å². The molecule has 98 valence electrons. The lowest BCUT2D eigenvalue weighted by molar-refractivity contribution is 0.0602. The van der Waals surface area contributed by atoms with Gasteiger partial charge in [-0.15, -0.1) is 0 Å². The monoisotopic (exact) mass is 252 g/mol. The summed E-state index contributed by atoms with van der Waals surface area (Å²) in [6.07, 6.45) is 3.55. The van der Waals surface area contributed by atoms with Crippen LogP contribution in [0.15, 0.2) is 12.1 Å². The second-order valence-corrected chi connectivity index (χ2v) is 4.57. The quantitative estimate of drug-likeness (QED) is 0.624. The average molecular weight is 252 g/mol. The van der Waals surface area contributed by atoms with Gasteiger partial charge in [-0.05, 0) is 24.5 Å². The molecule has 0 atom stereocenters. The van der Waals surface area contributed by atoms with Gasteiger partial charge in [0.05, 0.1) is 18.4 Å². The van der Waals surface area contributed by atoms with Crippen LogP contribution in [-0.4, -0.2) is 19.6 Å². The fourth-order valence-corrected chi connectivity index (χ4v) is 1.83. The summed E-state index contributed by atoms with van der Waals surface area (Å²) in [6.45, 7) is 0.701. The zero-order chi connectivity index (χ0) is 13.1. The van der Waals surface area contributed by atoms with Gasteiger partial charge in [-0.25, -0.2) is 9.18 Å². The molecule has 0 unspecified atom stereocenters. The van der Waals surface area contributed by atoms with Crippen molar-refractivity contribution in [3.8, 4) is 0 Å². The minimum absolute atomic E-state index is 0.0899. The summed E-state index contributed by atoms with van der Waals surface area (Å²) >= 11 is 0. The van der Waals surface area contributed by atoms with Crippen LogP contribution in [-0.2, 0) is 4.74 Å². The van der Waals surface area contributed by atoms with E-state index in [2.05, 4.69) is 10.1 Å². The van der Waals surface area contributed by atoms with Crippen LogP contribution in [0.1, 0.15) is 29.6 Å². The first-order valence-electron chi connectivity index (χ1n) is 6.03. The van der Waals surface area contributed by atoms with Gasteiger partial charge in [0, 0.05) is 12.2 Å². The molecule has 0 aromatic heterocycles. The van der Waals surface area contributed by atoms with Crippen LogP contribution in [0.25, 0.3) is 0 Å². The SMILES string of the molecule is COC(=O)c1cc(NCCC2CC2)c(F)cc1N. The minimum Gasteiger partial charge on any atom is -0.465 e. The normalized spacial score (nSPS) is 14.3. The van der Waals surface area contributed by atoms with E-state index in [1.807, 2.05) is 0 Å². The van der Waals surface area contributed by atoms with Crippen molar-refractivity contribution in [3.05, 3.63) is 23.5 Å². The second kappa shape index (κ2) is 5.25. The third-order valence-electron chi connectivity index (χ3n) is 3.11. The van der Waals surface area contributed by atoms with Gasteiger partial charge in [-0.1, -0.05) is 12.8 Å². The van der Waals surface area contributed by atoms with Gasteiger partial charge < -0.3 is 15.8 Å². The molecule has 0 bridgehead atoms. The molecule has 5 heteroatoms. The Morgan fingerprint density at radius 3 is 2.89 bits per heavy atom. The van der Waals surface area contributed by atoms with E-state index >= 15 is 0 Å². The van der Waals surface area contributed by atoms with Crippen LogP contribution in [0.2, 0.25) is 0 Å². The molecule has 0 radical (unpaired) electrons. The maximum Gasteiger partial charge on any atom is 0.340 e.